The highest BCUT2D eigenvalue weighted by molar-refractivity contribution is 7.17. The molecule has 0 saturated heterocycles. The van der Waals surface area contributed by atoms with E-state index in [9.17, 15) is 0 Å². The number of anilines is 3. The quantitative estimate of drug-likeness (QED) is 0.154. The van der Waals surface area contributed by atoms with E-state index in [-0.39, 0.29) is 0 Å². The molecular formula is C55H38N4S. The molecule has 2 aromatic heterocycles. The van der Waals surface area contributed by atoms with E-state index >= 15 is 0 Å². The number of benzene rings is 8. The van der Waals surface area contributed by atoms with Crippen molar-refractivity contribution in [3.8, 4) is 45.0 Å². The van der Waals surface area contributed by atoms with Gasteiger partial charge in [-0.1, -0.05) is 164 Å². The zero-order valence-corrected chi connectivity index (χ0v) is 33.6. The third-order valence-corrected chi connectivity index (χ3v) is 12.5. The van der Waals surface area contributed by atoms with Crippen molar-refractivity contribution in [2.45, 2.75) is 12.8 Å². The van der Waals surface area contributed by atoms with Gasteiger partial charge in [-0.25, -0.2) is 15.0 Å². The van der Waals surface area contributed by atoms with Crippen LogP contribution in [0.3, 0.4) is 0 Å². The number of rotatable bonds is 8. The summed E-state index contributed by atoms with van der Waals surface area (Å²) in [5.41, 5.74) is 11.2. The lowest BCUT2D eigenvalue weighted by atomic mass is 9.98. The van der Waals surface area contributed by atoms with Crippen LogP contribution in [-0.2, 0) is 0 Å². The first-order valence-electron chi connectivity index (χ1n) is 20.4. The average molecular weight is 787 g/mol. The van der Waals surface area contributed by atoms with Crippen LogP contribution in [0.1, 0.15) is 18.7 Å². The standard InChI is InChI=1S/C55H38N4S/c1-4-16-39(17-5-1)46-23-12-13-25-49(46)59(44-21-8-3-9-22-44)45-32-29-38(30-33-45)42-31-34-47-51(36-42)60-50-26-14-24-48(52(47)50)55-57-53(40-18-6-2-7-19-40)56-54(58-55)43-28-27-37-15-10-11-20-41(37)35-43/h1-13,15-23,25-36H,14,24H2. The van der Waals surface area contributed by atoms with Gasteiger partial charge in [-0.2, -0.15) is 0 Å². The maximum absolute atomic E-state index is 5.23. The monoisotopic (exact) mass is 786 g/mol. The number of thiophene rings is 1. The Balaban J connectivity index is 0.996. The van der Waals surface area contributed by atoms with Crippen LogP contribution in [0.2, 0.25) is 0 Å². The molecule has 0 unspecified atom stereocenters. The summed E-state index contributed by atoms with van der Waals surface area (Å²) in [6.07, 6.45) is 4.18. The molecule has 0 atom stereocenters. The number of aromatic nitrogens is 3. The Hall–Kier alpha value is -7.47. The fourth-order valence-corrected chi connectivity index (χ4v) is 9.71. The molecule has 1 aliphatic carbocycles. The number of fused-ring (bicyclic) bond motifs is 4. The van der Waals surface area contributed by atoms with Gasteiger partial charge in [0.2, 0.25) is 0 Å². The van der Waals surface area contributed by atoms with Crippen molar-refractivity contribution in [1.82, 2.24) is 15.0 Å². The van der Waals surface area contributed by atoms with Gasteiger partial charge < -0.3 is 4.90 Å². The van der Waals surface area contributed by atoms with Crippen LogP contribution in [-0.4, -0.2) is 15.0 Å². The van der Waals surface area contributed by atoms with E-state index in [0.29, 0.717) is 11.6 Å². The van der Waals surface area contributed by atoms with Gasteiger partial charge in [0.05, 0.1) is 5.69 Å². The zero-order valence-electron chi connectivity index (χ0n) is 32.7. The molecule has 4 nitrogen and oxygen atoms in total. The van der Waals surface area contributed by atoms with Gasteiger partial charge in [-0.15, -0.1) is 11.3 Å². The second kappa shape index (κ2) is 15.4. The molecule has 60 heavy (non-hydrogen) atoms. The first-order valence-corrected chi connectivity index (χ1v) is 21.2. The van der Waals surface area contributed by atoms with E-state index in [1.165, 1.54) is 53.1 Å². The Kier molecular flexibility index (Phi) is 9.14. The van der Waals surface area contributed by atoms with Gasteiger partial charge in [0.25, 0.3) is 0 Å². The fourth-order valence-electron chi connectivity index (χ4n) is 8.47. The Morgan fingerprint density at radius 3 is 1.82 bits per heavy atom. The minimum absolute atomic E-state index is 0.687. The van der Waals surface area contributed by atoms with Crippen molar-refractivity contribution in [2.24, 2.45) is 0 Å². The molecule has 10 aromatic rings. The number of hydrogen-bond donors (Lipinski definition) is 0. The topological polar surface area (TPSA) is 41.9 Å². The Labute approximate surface area is 352 Å². The fraction of sp³-hybridized carbons (Fsp3) is 0.0364. The van der Waals surface area contributed by atoms with Crippen molar-refractivity contribution in [3.05, 3.63) is 216 Å². The first-order chi connectivity index (χ1) is 29.7. The summed E-state index contributed by atoms with van der Waals surface area (Å²) in [6.45, 7) is 0. The van der Waals surface area contributed by atoms with E-state index in [1.54, 1.807) is 0 Å². The van der Waals surface area contributed by atoms with Gasteiger partial charge in [-0.3, -0.25) is 0 Å². The molecule has 0 N–H and O–H groups in total. The molecule has 0 spiro atoms. The van der Waals surface area contributed by atoms with Gasteiger partial charge in [0.15, 0.2) is 17.5 Å². The minimum atomic E-state index is 0.687. The van der Waals surface area contributed by atoms with E-state index in [4.69, 9.17) is 15.0 Å². The molecule has 0 aliphatic heterocycles. The normalized spacial score (nSPS) is 12.3. The summed E-state index contributed by atoms with van der Waals surface area (Å²) in [5.74, 6) is 2.12. The van der Waals surface area contributed by atoms with Crippen LogP contribution in [0.15, 0.2) is 200 Å². The molecule has 0 amide bonds. The molecule has 8 aromatic carbocycles. The maximum atomic E-state index is 5.23. The van der Waals surface area contributed by atoms with Crippen LogP contribution in [0.5, 0.6) is 0 Å². The molecule has 0 radical (unpaired) electrons. The summed E-state index contributed by atoms with van der Waals surface area (Å²) in [4.78, 5) is 17.8. The molecule has 1 aliphatic rings. The summed E-state index contributed by atoms with van der Waals surface area (Å²) in [6, 6.07) is 70.9. The second-order valence-corrected chi connectivity index (χ2v) is 16.2. The Morgan fingerprint density at radius 2 is 1.03 bits per heavy atom. The molecule has 284 valence electrons. The molecule has 11 rings (SSSR count). The zero-order chi connectivity index (χ0) is 39.8. The lowest BCUT2D eigenvalue weighted by molar-refractivity contribution is 0.986. The number of para-hydroxylation sites is 2. The van der Waals surface area contributed by atoms with E-state index in [0.717, 1.165) is 52.2 Å². The van der Waals surface area contributed by atoms with Gasteiger partial charge in [0, 0.05) is 53.5 Å². The van der Waals surface area contributed by atoms with E-state index in [1.807, 2.05) is 29.5 Å². The molecule has 0 saturated carbocycles. The minimum Gasteiger partial charge on any atom is -0.310 e. The molecular weight excluding hydrogens is 749 g/mol. The molecule has 0 bridgehead atoms. The maximum Gasteiger partial charge on any atom is 0.164 e. The first kappa shape index (κ1) is 35.7. The van der Waals surface area contributed by atoms with Crippen molar-refractivity contribution in [3.63, 3.8) is 0 Å². The molecule has 2 heterocycles. The van der Waals surface area contributed by atoms with Crippen LogP contribution >= 0.6 is 11.3 Å². The third-order valence-electron chi connectivity index (χ3n) is 11.4. The summed E-state index contributed by atoms with van der Waals surface area (Å²) in [7, 11) is 0. The average Bonchev–Trinajstić information content (AvgIpc) is 3.71. The van der Waals surface area contributed by atoms with E-state index in [2.05, 4.69) is 193 Å². The largest absolute Gasteiger partial charge is 0.310 e. The predicted octanol–water partition coefficient (Wildman–Crippen LogP) is 13.2. The summed E-state index contributed by atoms with van der Waals surface area (Å²) in [5, 5.41) is 4.84. The predicted molar refractivity (Wildman–Crippen MR) is 251 cm³/mol. The SMILES string of the molecule is C1=c2sc3cc(-c4ccc(N(c5ccccc5)c5ccccc5-c5ccccc5)cc4)ccc3c2=C(c2nc(-c3ccccc3)nc(-c3ccc4ccccc4c3)n2)CC1. The smallest absolute Gasteiger partial charge is 0.164 e. The van der Waals surface area contributed by atoms with Crippen molar-refractivity contribution >= 4 is 60.9 Å². The van der Waals surface area contributed by atoms with Crippen LogP contribution < -0.4 is 14.7 Å². The third kappa shape index (κ3) is 6.65. The number of hydrogen-bond acceptors (Lipinski definition) is 5. The van der Waals surface area contributed by atoms with Crippen molar-refractivity contribution in [2.75, 3.05) is 4.90 Å². The summed E-state index contributed by atoms with van der Waals surface area (Å²) < 4.78 is 2.54. The second-order valence-electron chi connectivity index (χ2n) is 15.1. The van der Waals surface area contributed by atoms with E-state index < -0.39 is 0 Å². The van der Waals surface area contributed by atoms with Crippen LogP contribution in [0.4, 0.5) is 17.1 Å². The van der Waals surface area contributed by atoms with Gasteiger partial charge >= 0.3 is 0 Å². The molecule has 5 heteroatoms. The van der Waals surface area contributed by atoms with Crippen molar-refractivity contribution < 1.29 is 0 Å². The highest BCUT2D eigenvalue weighted by atomic mass is 32.1. The Morgan fingerprint density at radius 1 is 0.433 bits per heavy atom. The summed E-state index contributed by atoms with van der Waals surface area (Å²) >= 11 is 1.86. The highest BCUT2D eigenvalue weighted by Crippen LogP contribution is 2.41. The Bertz CT molecular complexity index is 3310. The van der Waals surface area contributed by atoms with Crippen molar-refractivity contribution in [1.29, 1.82) is 0 Å². The lowest BCUT2D eigenvalue weighted by Gasteiger charge is -2.28. The van der Waals surface area contributed by atoms with Crippen LogP contribution in [0, 0.1) is 0 Å². The lowest BCUT2D eigenvalue weighted by Crippen LogP contribution is -2.26. The van der Waals surface area contributed by atoms with Crippen LogP contribution in [0.25, 0.3) is 77.5 Å². The van der Waals surface area contributed by atoms with Gasteiger partial charge in [0.1, 0.15) is 0 Å². The highest BCUT2D eigenvalue weighted by Gasteiger charge is 2.20. The molecule has 0 fully saturated rings. The number of nitrogens with zero attached hydrogens (tertiary/aromatic N) is 4. The van der Waals surface area contributed by atoms with Gasteiger partial charge in [-0.05, 0) is 82.8 Å².